The quantitative estimate of drug-likeness (QED) is 0.179. The lowest BCUT2D eigenvalue weighted by molar-refractivity contribution is 0.669. The molecule has 6 aromatic carbocycles. The summed E-state index contributed by atoms with van der Waals surface area (Å²) in [5.41, 5.74) is 8.82. The lowest BCUT2D eigenvalue weighted by Gasteiger charge is -2.12. The maximum absolute atomic E-state index is 6.47. The second-order valence-corrected chi connectivity index (χ2v) is 14.5. The van der Waals surface area contributed by atoms with Gasteiger partial charge in [0.2, 0.25) is 5.95 Å². The van der Waals surface area contributed by atoms with E-state index in [-0.39, 0.29) is 6.04 Å². The van der Waals surface area contributed by atoms with Crippen LogP contribution in [-0.4, -0.2) is 35.9 Å². The van der Waals surface area contributed by atoms with Gasteiger partial charge in [-0.1, -0.05) is 139 Å². The Hall–Kier alpha value is -6.57. The third kappa shape index (κ3) is 4.96. The molecule has 0 bridgehead atoms. The molecule has 4 heterocycles. The number of para-hydroxylation sites is 2. The van der Waals surface area contributed by atoms with Gasteiger partial charge in [0, 0.05) is 38.2 Å². The number of benzene rings is 6. The number of nitrogens with zero attached hydrogens (tertiary/aromatic N) is 5. The molecule has 7 heteroatoms. The first-order valence-electron chi connectivity index (χ1n) is 17.7. The van der Waals surface area contributed by atoms with Gasteiger partial charge in [-0.15, -0.1) is 0 Å². The van der Waals surface area contributed by atoms with Gasteiger partial charge in [0.05, 0.1) is 27.4 Å². The summed E-state index contributed by atoms with van der Waals surface area (Å²) in [6.07, 6.45) is 8.61. The Bertz CT molecular complexity index is 2940. The van der Waals surface area contributed by atoms with Crippen molar-refractivity contribution in [3.05, 3.63) is 169 Å². The van der Waals surface area contributed by atoms with Crippen molar-refractivity contribution in [2.24, 2.45) is 4.99 Å². The average Bonchev–Trinajstić information content (AvgIpc) is 3.93. The highest BCUT2D eigenvalue weighted by Gasteiger charge is 2.29. The van der Waals surface area contributed by atoms with Crippen LogP contribution in [0.15, 0.2) is 173 Å². The molecule has 0 amide bonds. The number of allylic oxidation sites excluding steroid dienone is 2. The Morgan fingerprint density at radius 3 is 2.00 bits per heavy atom. The molecule has 250 valence electrons. The second-order valence-electron chi connectivity index (χ2n) is 13.4. The lowest BCUT2D eigenvalue weighted by atomic mass is 10.0. The van der Waals surface area contributed by atoms with Crippen molar-refractivity contribution in [2.45, 2.75) is 11.3 Å². The molecule has 2 atom stereocenters. The molecular formula is C46H29N5OS. The van der Waals surface area contributed by atoms with Gasteiger partial charge >= 0.3 is 0 Å². The fraction of sp³-hybridized carbons (Fsp3) is 0.0435. The molecule has 11 rings (SSSR count). The number of hydrogen-bond donors (Lipinski definition) is 0. The van der Waals surface area contributed by atoms with E-state index < -0.39 is 0 Å². The Morgan fingerprint density at radius 2 is 1.21 bits per heavy atom. The van der Waals surface area contributed by atoms with E-state index in [4.69, 9.17) is 24.4 Å². The molecule has 0 saturated heterocycles. The highest BCUT2D eigenvalue weighted by molar-refractivity contribution is 8.15. The summed E-state index contributed by atoms with van der Waals surface area (Å²) in [5, 5.41) is 5.63. The summed E-state index contributed by atoms with van der Waals surface area (Å²) in [4.78, 5) is 20.8. The van der Waals surface area contributed by atoms with Crippen molar-refractivity contribution in [1.29, 1.82) is 0 Å². The Morgan fingerprint density at radius 1 is 0.528 bits per heavy atom. The number of aromatic nitrogens is 4. The topological polar surface area (TPSA) is 69.1 Å². The molecule has 2 unspecified atom stereocenters. The molecule has 0 radical (unpaired) electrons. The zero-order chi connectivity index (χ0) is 34.9. The van der Waals surface area contributed by atoms with Crippen LogP contribution in [0.5, 0.6) is 0 Å². The Balaban J connectivity index is 1.13. The summed E-state index contributed by atoms with van der Waals surface area (Å²) >= 11 is 1.81. The third-order valence-electron chi connectivity index (χ3n) is 10.2. The number of fused-ring (bicyclic) bond motifs is 7. The Labute approximate surface area is 308 Å². The molecule has 0 spiro atoms. The van der Waals surface area contributed by atoms with E-state index in [1.165, 1.54) is 0 Å². The molecular weight excluding hydrogens is 671 g/mol. The summed E-state index contributed by atoms with van der Waals surface area (Å²) < 4.78 is 8.62. The van der Waals surface area contributed by atoms with Crippen LogP contribution in [0, 0.1) is 0 Å². The van der Waals surface area contributed by atoms with Crippen LogP contribution in [0.2, 0.25) is 0 Å². The van der Waals surface area contributed by atoms with Crippen LogP contribution in [0.25, 0.3) is 83.6 Å². The molecule has 53 heavy (non-hydrogen) atoms. The smallest absolute Gasteiger partial charge is 0.238 e. The van der Waals surface area contributed by atoms with Crippen LogP contribution in [-0.2, 0) is 0 Å². The molecule has 3 aromatic heterocycles. The van der Waals surface area contributed by atoms with Gasteiger partial charge in [-0.05, 0) is 47.5 Å². The van der Waals surface area contributed by atoms with Crippen molar-refractivity contribution in [1.82, 2.24) is 19.5 Å². The molecule has 0 saturated carbocycles. The zero-order valence-corrected chi connectivity index (χ0v) is 29.1. The number of hydrogen-bond acceptors (Lipinski definition) is 6. The van der Waals surface area contributed by atoms with E-state index in [0.717, 1.165) is 76.6 Å². The third-order valence-corrected chi connectivity index (χ3v) is 11.5. The van der Waals surface area contributed by atoms with E-state index in [0.29, 0.717) is 22.8 Å². The van der Waals surface area contributed by atoms with Gasteiger partial charge in [0.25, 0.3) is 0 Å². The minimum absolute atomic E-state index is 0.164. The van der Waals surface area contributed by atoms with Crippen molar-refractivity contribution in [3.63, 3.8) is 0 Å². The van der Waals surface area contributed by atoms with Crippen molar-refractivity contribution in [2.75, 3.05) is 0 Å². The first-order valence-corrected chi connectivity index (χ1v) is 18.6. The number of rotatable bonds is 5. The van der Waals surface area contributed by atoms with Gasteiger partial charge in [0.1, 0.15) is 11.2 Å². The largest absolute Gasteiger partial charge is 0.456 e. The first-order chi connectivity index (χ1) is 26.2. The molecule has 9 aromatic rings. The minimum atomic E-state index is 0.164. The number of aliphatic imine (C=N–C) groups is 1. The van der Waals surface area contributed by atoms with Gasteiger partial charge in [-0.25, -0.2) is 4.98 Å². The van der Waals surface area contributed by atoms with Crippen LogP contribution in [0.1, 0.15) is 5.56 Å². The first kappa shape index (κ1) is 30.1. The van der Waals surface area contributed by atoms with Crippen LogP contribution < -0.4 is 0 Å². The highest BCUT2D eigenvalue weighted by atomic mass is 32.2. The fourth-order valence-corrected chi connectivity index (χ4v) is 8.84. The summed E-state index contributed by atoms with van der Waals surface area (Å²) in [6, 6.07) is 48.4. The van der Waals surface area contributed by atoms with E-state index in [9.17, 15) is 0 Å². The summed E-state index contributed by atoms with van der Waals surface area (Å²) in [5.74, 6) is 1.73. The van der Waals surface area contributed by atoms with E-state index >= 15 is 0 Å². The SMILES string of the molecule is C1=CC2N=C(c3ccc4oc5cccc(-c6nc(-c7ccc(-c8ccccc8)cc7)nc(-n7c8ccccc8c8ccccc87)n6)c5c4c3)SC2C=C1. The molecule has 1 aliphatic heterocycles. The predicted octanol–water partition coefficient (Wildman–Crippen LogP) is 11.2. The average molecular weight is 700 g/mol. The predicted molar refractivity (Wildman–Crippen MR) is 218 cm³/mol. The minimum Gasteiger partial charge on any atom is -0.456 e. The van der Waals surface area contributed by atoms with Crippen LogP contribution in [0.4, 0.5) is 0 Å². The van der Waals surface area contributed by atoms with E-state index in [2.05, 4.69) is 150 Å². The standard InChI is InChI=1S/C46H29N5OS/c1-2-11-28(12-3-1)29-21-23-30(24-22-29)43-48-44(50-46(49-43)51-37-17-7-4-13-32(37)33-14-5-8-18-38(33)51)34-15-10-19-40-42(34)35-27-31(25-26-39(35)52-40)45-47-36-16-6-9-20-41(36)53-45/h1-27,36,41H. The van der Waals surface area contributed by atoms with Crippen molar-refractivity contribution in [3.8, 4) is 39.9 Å². The van der Waals surface area contributed by atoms with Gasteiger partial charge in [-0.2, -0.15) is 9.97 Å². The van der Waals surface area contributed by atoms with Crippen LogP contribution >= 0.6 is 11.8 Å². The molecule has 2 aliphatic rings. The molecule has 0 N–H and O–H groups in total. The Kier molecular flexibility index (Phi) is 6.82. The number of thioether (sulfide) groups is 1. The van der Waals surface area contributed by atoms with E-state index in [1.807, 2.05) is 30.0 Å². The maximum Gasteiger partial charge on any atom is 0.238 e. The zero-order valence-electron chi connectivity index (χ0n) is 28.3. The van der Waals surface area contributed by atoms with Gasteiger partial charge in [0.15, 0.2) is 11.6 Å². The number of furan rings is 1. The second kappa shape index (κ2) is 12.0. The highest BCUT2D eigenvalue weighted by Crippen LogP contribution is 2.40. The fourth-order valence-electron chi connectivity index (χ4n) is 7.68. The van der Waals surface area contributed by atoms with Crippen molar-refractivity contribution < 1.29 is 4.42 Å². The summed E-state index contributed by atoms with van der Waals surface area (Å²) in [6.45, 7) is 0. The van der Waals surface area contributed by atoms with Gasteiger partial charge in [-0.3, -0.25) is 9.56 Å². The molecule has 6 nitrogen and oxygen atoms in total. The molecule has 1 aliphatic carbocycles. The molecule has 0 fully saturated rings. The van der Waals surface area contributed by atoms with Crippen molar-refractivity contribution >= 4 is 60.5 Å². The monoisotopic (exact) mass is 699 g/mol. The van der Waals surface area contributed by atoms with Gasteiger partial charge < -0.3 is 4.42 Å². The normalized spacial score (nSPS) is 16.6. The lowest BCUT2D eigenvalue weighted by Crippen LogP contribution is -2.13. The van der Waals surface area contributed by atoms with Crippen LogP contribution in [0.3, 0.4) is 0 Å². The maximum atomic E-state index is 6.47. The van der Waals surface area contributed by atoms with E-state index in [1.54, 1.807) is 0 Å². The summed E-state index contributed by atoms with van der Waals surface area (Å²) in [7, 11) is 0.